The number of ether oxygens (including phenoxy) is 1. The Balaban J connectivity index is 1.50. The predicted molar refractivity (Wildman–Crippen MR) is 102 cm³/mol. The Morgan fingerprint density at radius 1 is 1.07 bits per heavy atom. The first-order valence-corrected chi connectivity index (χ1v) is 8.93. The highest BCUT2D eigenvalue weighted by molar-refractivity contribution is 5.92. The number of alkyl halides is 3. The number of piperazine rings is 1. The molecule has 0 saturated carbocycles. The van der Waals surface area contributed by atoms with E-state index in [1.165, 1.54) is 12.1 Å². The van der Waals surface area contributed by atoms with Crippen LogP contribution in [0.25, 0.3) is 0 Å². The smallest absolute Gasteiger partial charge is 0.416 e. The number of amides is 1. The number of benzene rings is 2. The largest absolute Gasteiger partial charge is 0.497 e. The number of hydrogen-bond donors (Lipinski definition) is 1. The van der Waals surface area contributed by atoms with Crippen molar-refractivity contribution in [2.75, 3.05) is 50.1 Å². The zero-order valence-electron chi connectivity index (χ0n) is 15.5. The van der Waals surface area contributed by atoms with E-state index < -0.39 is 11.7 Å². The highest BCUT2D eigenvalue weighted by atomic mass is 19.4. The number of anilines is 2. The number of methoxy groups -OCH3 is 1. The van der Waals surface area contributed by atoms with E-state index in [0.29, 0.717) is 13.1 Å². The maximum absolute atomic E-state index is 12.8. The summed E-state index contributed by atoms with van der Waals surface area (Å²) in [7, 11) is 1.62. The van der Waals surface area contributed by atoms with Gasteiger partial charge in [0.2, 0.25) is 5.91 Å². The molecule has 3 rings (SSSR count). The molecule has 150 valence electrons. The van der Waals surface area contributed by atoms with E-state index in [1.807, 2.05) is 29.2 Å². The minimum absolute atomic E-state index is 0.146. The molecule has 0 unspecified atom stereocenters. The fraction of sp³-hybridized carbons (Fsp3) is 0.350. The van der Waals surface area contributed by atoms with Gasteiger partial charge in [-0.15, -0.1) is 0 Å². The number of rotatable bonds is 5. The second kappa shape index (κ2) is 8.52. The van der Waals surface area contributed by atoms with E-state index >= 15 is 0 Å². The third kappa shape index (κ3) is 5.16. The Hall–Kier alpha value is -2.74. The predicted octanol–water partition coefficient (Wildman–Crippen LogP) is 3.47. The second-order valence-electron chi connectivity index (χ2n) is 6.59. The maximum atomic E-state index is 12.8. The van der Waals surface area contributed by atoms with Crippen molar-refractivity contribution in [2.45, 2.75) is 6.18 Å². The van der Waals surface area contributed by atoms with Gasteiger partial charge in [0.15, 0.2) is 0 Å². The van der Waals surface area contributed by atoms with Crippen LogP contribution in [-0.4, -0.2) is 50.6 Å². The molecule has 1 heterocycles. The van der Waals surface area contributed by atoms with Crippen molar-refractivity contribution < 1.29 is 22.7 Å². The van der Waals surface area contributed by atoms with E-state index in [-0.39, 0.29) is 18.1 Å². The number of carbonyl (C=O) groups excluding carboxylic acids is 1. The van der Waals surface area contributed by atoms with E-state index in [0.717, 1.165) is 36.7 Å². The van der Waals surface area contributed by atoms with Gasteiger partial charge < -0.3 is 15.0 Å². The Kier molecular flexibility index (Phi) is 6.08. The van der Waals surface area contributed by atoms with Crippen molar-refractivity contribution in [3.8, 4) is 5.75 Å². The molecule has 8 heteroatoms. The molecule has 0 aromatic heterocycles. The molecule has 1 aliphatic rings. The lowest BCUT2D eigenvalue weighted by molar-refractivity contribution is -0.137. The third-order valence-electron chi connectivity index (χ3n) is 4.65. The summed E-state index contributed by atoms with van der Waals surface area (Å²) in [5.74, 6) is 0.478. The lowest BCUT2D eigenvalue weighted by Gasteiger charge is -2.35. The minimum atomic E-state index is -4.43. The molecule has 1 fully saturated rings. The molecule has 1 N–H and O–H groups in total. The van der Waals surface area contributed by atoms with Gasteiger partial charge in [0, 0.05) is 37.6 Å². The second-order valence-corrected chi connectivity index (χ2v) is 6.59. The number of carbonyl (C=O) groups is 1. The molecular formula is C20H22F3N3O2. The standard InChI is InChI=1S/C20H22F3N3O2/c1-28-18-7-5-17(6-8-18)26-11-9-25(10-12-26)14-19(27)24-16-4-2-3-15(13-16)20(21,22)23/h2-8,13H,9-12,14H2,1H3,(H,24,27). The molecule has 1 aliphatic heterocycles. The Morgan fingerprint density at radius 3 is 2.36 bits per heavy atom. The molecule has 1 amide bonds. The average molecular weight is 393 g/mol. The zero-order chi connectivity index (χ0) is 20.1. The monoisotopic (exact) mass is 393 g/mol. The van der Waals surface area contributed by atoms with Crippen molar-refractivity contribution in [1.82, 2.24) is 4.90 Å². The molecule has 28 heavy (non-hydrogen) atoms. The van der Waals surface area contributed by atoms with Crippen molar-refractivity contribution in [3.63, 3.8) is 0 Å². The Morgan fingerprint density at radius 2 is 1.75 bits per heavy atom. The van der Waals surface area contributed by atoms with Crippen LogP contribution >= 0.6 is 0 Å². The van der Waals surface area contributed by atoms with Gasteiger partial charge in [-0.3, -0.25) is 9.69 Å². The summed E-state index contributed by atoms with van der Waals surface area (Å²) < 4.78 is 43.5. The number of nitrogens with one attached hydrogen (secondary N) is 1. The van der Waals surface area contributed by atoms with Crippen LogP contribution in [0.2, 0.25) is 0 Å². The summed E-state index contributed by atoms with van der Waals surface area (Å²) in [5.41, 5.74) is 0.462. The van der Waals surface area contributed by atoms with Crippen LogP contribution < -0.4 is 15.0 Å². The van der Waals surface area contributed by atoms with E-state index in [9.17, 15) is 18.0 Å². The average Bonchev–Trinajstić information content (AvgIpc) is 2.68. The zero-order valence-corrected chi connectivity index (χ0v) is 15.5. The molecule has 0 atom stereocenters. The van der Waals surface area contributed by atoms with Gasteiger partial charge in [-0.2, -0.15) is 13.2 Å². The SMILES string of the molecule is COc1ccc(N2CCN(CC(=O)Nc3cccc(C(F)(F)F)c3)CC2)cc1. The topological polar surface area (TPSA) is 44.8 Å². The van der Waals surface area contributed by atoms with E-state index in [1.54, 1.807) is 7.11 Å². The van der Waals surface area contributed by atoms with E-state index in [4.69, 9.17) is 4.74 Å². The van der Waals surface area contributed by atoms with Gasteiger partial charge in [-0.05, 0) is 42.5 Å². The Labute approximate surface area is 161 Å². The van der Waals surface area contributed by atoms with Crippen LogP contribution in [-0.2, 0) is 11.0 Å². The third-order valence-corrected chi connectivity index (χ3v) is 4.65. The molecule has 0 radical (unpaired) electrons. The first-order valence-electron chi connectivity index (χ1n) is 8.93. The molecular weight excluding hydrogens is 371 g/mol. The fourth-order valence-electron chi connectivity index (χ4n) is 3.13. The van der Waals surface area contributed by atoms with Crippen LogP contribution in [0.15, 0.2) is 48.5 Å². The first-order chi connectivity index (χ1) is 13.3. The summed E-state index contributed by atoms with van der Waals surface area (Å²) in [6.45, 7) is 3.07. The van der Waals surface area contributed by atoms with Crippen molar-refractivity contribution in [2.24, 2.45) is 0 Å². The van der Waals surface area contributed by atoms with Crippen LogP contribution in [0.3, 0.4) is 0 Å². The Bertz CT molecular complexity index is 801. The lowest BCUT2D eigenvalue weighted by Crippen LogP contribution is -2.48. The van der Waals surface area contributed by atoms with Crippen LogP contribution in [0, 0.1) is 0 Å². The van der Waals surface area contributed by atoms with Gasteiger partial charge >= 0.3 is 6.18 Å². The van der Waals surface area contributed by atoms with Gasteiger partial charge in [-0.25, -0.2) is 0 Å². The molecule has 5 nitrogen and oxygen atoms in total. The van der Waals surface area contributed by atoms with Crippen LogP contribution in [0.1, 0.15) is 5.56 Å². The number of nitrogens with zero attached hydrogens (tertiary/aromatic N) is 2. The highest BCUT2D eigenvalue weighted by Crippen LogP contribution is 2.30. The first kappa shape index (κ1) is 20.0. The fourth-order valence-corrected chi connectivity index (χ4v) is 3.13. The number of hydrogen-bond acceptors (Lipinski definition) is 4. The lowest BCUT2D eigenvalue weighted by atomic mass is 10.2. The summed E-state index contributed by atoms with van der Waals surface area (Å²) in [5, 5.41) is 2.55. The van der Waals surface area contributed by atoms with Crippen LogP contribution in [0.4, 0.5) is 24.5 Å². The maximum Gasteiger partial charge on any atom is 0.416 e. The normalized spacial score (nSPS) is 15.4. The quantitative estimate of drug-likeness (QED) is 0.845. The van der Waals surface area contributed by atoms with E-state index in [2.05, 4.69) is 10.2 Å². The number of halogens is 3. The molecule has 0 bridgehead atoms. The minimum Gasteiger partial charge on any atom is -0.497 e. The molecule has 2 aromatic rings. The molecule has 0 spiro atoms. The summed E-state index contributed by atoms with van der Waals surface area (Å²) in [6, 6.07) is 12.5. The molecule has 0 aliphatic carbocycles. The summed E-state index contributed by atoms with van der Waals surface area (Å²) in [4.78, 5) is 16.4. The van der Waals surface area contributed by atoms with Crippen molar-refractivity contribution in [1.29, 1.82) is 0 Å². The molecule has 2 aromatic carbocycles. The van der Waals surface area contributed by atoms with Crippen molar-refractivity contribution in [3.05, 3.63) is 54.1 Å². The van der Waals surface area contributed by atoms with Gasteiger partial charge in [0.1, 0.15) is 5.75 Å². The van der Waals surface area contributed by atoms with Gasteiger partial charge in [0.25, 0.3) is 0 Å². The highest BCUT2D eigenvalue weighted by Gasteiger charge is 2.30. The van der Waals surface area contributed by atoms with Crippen molar-refractivity contribution >= 4 is 17.3 Å². The van der Waals surface area contributed by atoms with Gasteiger partial charge in [0.05, 0.1) is 19.2 Å². The summed E-state index contributed by atoms with van der Waals surface area (Å²) >= 11 is 0. The summed E-state index contributed by atoms with van der Waals surface area (Å²) in [6.07, 6.45) is -4.43. The van der Waals surface area contributed by atoms with Crippen LogP contribution in [0.5, 0.6) is 5.75 Å². The van der Waals surface area contributed by atoms with Gasteiger partial charge in [-0.1, -0.05) is 6.07 Å². The molecule has 1 saturated heterocycles.